The predicted molar refractivity (Wildman–Crippen MR) is 212 cm³/mol. The second-order valence-corrected chi connectivity index (χ2v) is 17.2. The summed E-state index contributed by atoms with van der Waals surface area (Å²) >= 11 is 0. The smallest absolute Gasteiger partial charge is 0.339 e. The highest BCUT2D eigenvalue weighted by Crippen LogP contribution is 2.41. The average molecular weight is 778 g/mol. The first kappa shape index (κ1) is 40.7. The minimum absolute atomic E-state index is 0.00810. The molecule has 290 valence electrons. The minimum atomic E-state index is -3.61. The van der Waals surface area contributed by atoms with Gasteiger partial charge in [-0.1, -0.05) is 67.8 Å². The second-order valence-electron chi connectivity index (χ2n) is 13.9. The quantitative estimate of drug-likeness (QED) is 0.169. The number of hydrogen-bond donors (Lipinski definition) is 3. The first-order chi connectivity index (χ1) is 25.9. The van der Waals surface area contributed by atoms with E-state index in [1.165, 1.54) is 65.4 Å². The molecule has 1 fully saturated rings. The molecule has 2 heterocycles. The first-order valence-corrected chi connectivity index (χ1v) is 21.4. The van der Waals surface area contributed by atoms with Gasteiger partial charge < -0.3 is 19.7 Å². The molecule has 13 heteroatoms. The molecule has 1 aliphatic heterocycles. The third-order valence-electron chi connectivity index (χ3n) is 10.5. The zero-order valence-corrected chi connectivity index (χ0v) is 33.1. The number of fused-ring (bicyclic) bond motifs is 2. The number of likely N-dealkylation sites (N-methyl/N-ethyl adjacent to an activating group) is 1. The average Bonchev–Trinajstić information content (AvgIpc) is 3.60. The molecule has 4 aromatic rings. The van der Waals surface area contributed by atoms with E-state index in [2.05, 4.69) is 61.3 Å². The van der Waals surface area contributed by atoms with E-state index in [0.29, 0.717) is 6.04 Å². The van der Waals surface area contributed by atoms with Crippen molar-refractivity contribution in [1.29, 1.82) is 0 Å². The maximum absolute atomic E-state index is 12.9. The normalized spacial score (nSPS) is 18.4. The Kier molecular flexibility index (Phi) is 13.8. The Hall–Kier alpha value is -4.46. The van der Waals surface area contributed by atoms with Gasteiger partial charge in [0.2, 0.25) is 5.91 Å². The molecule has 1 amide bonds. The third kappa shape index (κ3) is 9.24. The molecule has 0 unspecified atom stereocenters. The van der Waals surface area contributed by atoms with Gasteiger partial charge in [0, 0.05) is 42.8 Å². The van der Waals surface area contributed by atoms with Crippen molar-refractivity contribution in [2.24, 2.45) is 5.92 Å². The van der Waals surface area contributed by atoms with Crippen LogP contribution in [0, 0.1) is 5.92 Å². The molecule has 0 saturated heterocycles. The molecule has 1 aromatic heterocycles. The van der Waals surface area contributed by atoms with Gasteiger partial charge in [0.25, 0.3) is 0 Å². The Balaban J connectivity index is 0.000000171. The van der Waals surface area contributed by atoms with Gasteiger partial charge in [0.05, 0.1) is 28.9 Å². The number of carbonyl (C=O) groups is 2. The van der Waals surface area contributed by atoms with Crippen LogP contribution < -0.4 is 4.74 Å². The number of carbonyl (C=O) groups excluding carboxylic acids is 1. The molecular formula is C41H51N3O8S2. The Labute approximate surface area is 319 Å². The zero-order chi connectivity index (χ0) is 39.0. The Morgan fingerprint density at radius 3 is 2.26 bits per heavy atom. The Bertz CT molecular complexity index is 2140. The van der Waals surface area contributed by atoms with Gasteiger partial charge in [-0.3, -0.25) is 9.69 Å². The van der Waals surface area contributed by atoms with E-state index in [4.69, 9.17) is 4.74 Å². The number of carboxylic acids is 1. The fourth-order valence-electron chi connectivity index (χ4n) is 7.69. The molecular weight excluding hydrogens is 727 g/mol. The standard InChI is InChI=1S/C20H25N3O.C15H14O5S.C6H12O2S/c1-4-23(5-2)20(24)14-9-16-15-7-6-8-17-19(15)13(11-21-17)10-18(16)22(3)12-14;1-20-13-9-5-6-11(14(13)15(16)17)10-21(18,19)12-7-3-2-4-8-12;7-9(8)6-4-2-1-3-5-6/h6-9,11,14,18,21H,4-5,10,12H2,1-3H3;2-9H,10H2,1H3,(H,16,17);6,9H,1-5H2/t14-,18-;;/m1../s1. The van der Waals surface area contributed by atoms with Crippen molar-refractivity contribution in [2.45, 2.75) is 74.3 Å². The molecule has 7 rings (SSSR count). The number of carboxylic acid groups (broad SMARTS) is 1. The molecule has 0 spiro atoms. The van der Waals surface area contributed by atoms with Gasteiger partial charge in [-0.05, 0) is 86.7 Å². The van der Waals surface area contributed by atoms with Crippen LogP contribution in [-0.2, 0) is 37.5 Å². The number of aromatic amines is 1. The first-order valence-electron chi connectivity index (χ1n) is 18.5. The number of rotatable bonds is 9. The van der Waals surface area contributed by atoms with E-state index in [1.807, 2.05) is 4.90 Å². The minimum Gasteiger partial charge on any atom is -0.496 e. The predicted octanol–water partition coefficient (Wildman–Crippen LogP) is 6.20. The van der Waals surface area contributed by atoms with Crippen LogP contribution in [0.5, 0.6) is 5.75 Å². The van der Waals surface area contributed by atoms with Gasteiger partial charge in [-0.25, -0.2) is 21.6 Å². The highest BCUT2D eigenvalue weighted by atomic mass is 32.2. The summed E-state index contributed by atoms with van der Waals surface area (Å²) in [5, 5.41) is 10.6. The van der Waals surface area contributed by atoms with Gasteiger partial charge >= 0.3 is 5.97 Å². The highest BCUT2D eigenvalue weighted by molar-refractivity contribution is 7.90. The summed E-state index contributed by atoms with van der Waals surface area (Å²) in [5.41, 5.74) is 5.28. The lowest BCUT2D eigenvalue weighted by Crippen LogP contribution is -2.47. The molecule has 3 aliphatic rings. The fourth-order valence-corrected chi connectivity index (χ4v) is 9.87. The van der Waals surface area contributed by atoms with Crippen LogP contribution in [0.4, 0.5) is 0 Å². The van der Waals surface area contributed by atoms with E-state index >= 15 is 0 Å². The summed E-state index contributed by atoms with van der Waals surface area (Å²) in [6.45, 7) is 6.47. The van der Waals surface area contributed by atoms with E-state index < -0.39 is 32.3 Å². The number of methoxy groups -OCH3 is 1. The summed E-state index contributed by atoms with van der Waals surface area (Å²) in [7, 11) is -2.24. The molecule has 1 saturated carbocycles. The van der Waals surface area contributed by atoms with Crippen molar-refractivity contribution in [1.82, 2.24) is 14.8 Å². The summed E-state index contributed by atoms with van der Waals surface area (Å²) in [5.74, 6) is -1.26. The maximum atomic E-state index is 12.9. The van der Waals surface area contributed by atoms with Crippen molar-refractivity contribution >= 4 is 48.9 Å². The lowest BCUT2D eigenvalue weighted by molar-refractivity contribution is -0.134. The topological polar surface area (TPSA) is 154 Å². The molecule has 54 heavy (non-hydrogen) atoms. The van der Waals surface area contributed by atoms with Crippen LogP contribution in [0.3, 0.4) is 0 Å². The van der Waals surface area contributed by atoms with Crippen LogP contribution in [0.1, 0.15) is 73.0 Å². The van der Waals surface area contributed by atoms with Gasteiger partial charge in [0.15, 0.2) is 9.84 Å². The van der Waals surface area contributed by atoms with Gasteiger partial charge in [-0.2, -0.15) is 0 Å². The van der Waals surface area contributed by atoms with Crippen LogP contribution >= 0.6 is 0 Å². The maximum Gasteiger partial charge on any atom is 0.339 e. The van der Waals surface area contributed by atoms with E-state index in [-0.39, 0.29) is 38.8 Å². The molecule has 2 N–H and O–H groups in total. The summed E-state index contributed by atoms with van der Waals surface area (Å²) in [4.78, 5) is 32.1. The molecule has 0 radical (unpaired) electrons. The van der Waals surface area contributed by atoms with Crippen molar-refractivity contribution in [3.05, 3.63) is 101 Å². The lowest BCUT2D eigenvalue weighted by atomic mass is 9.79. The summed E-state index contributed by atoms with van der Waals surface area (Å²) in [6.07, 6.45) is 10.6. The zero-order valence-electron chi connectivity index (χ0n) is 31.4. The number of ether oxygens (including phenoxy) is 1. The van der Waals surface area contributed by atoms with Crippen LogP contribution in [0.2, 0.25) is 0 Å². The van der Waals surface area contributed by atoms with Crippen molar-refractivity contribution in [3.8, 4) is 5.75 Å². The molecule has 11 nitrogen and oxygen atoms in total. The van der Waals surface area contributed by atoms with Crippen molar-refractivity contribution in [3.63, 3.8) is 0 Å². The fraction of sp³-hybridized carbons (Fsp3) is 0.415. The number of nitrogens with zero attached hydrogens (tertiary/aromatic N) is 2. The number of hydrogen-bond acceptors (Lipinski definition) is 8. The number of amides is 1. The largest absolute Gasteiger partial charge is 0.496 e. The summed E-state index contributed by atoms with van der Waals surface area (Å²) < 4.78 is 50.5. The molecule has 3 aromatic carbocycles. The number of H-pyrrole nitrogens is 1. The highest BCUT2D eigenvalue weighted by Gasteiger charge is 2.36. The van der Waals surface area contributed by atoms with Crippen LogP contribution in [0.15, 0.2) is 83.9 Å². The number of aromatic nitrogens is 1. The van der Waals surface area contributed by atoms with E-state index in [1.54, 1.807) is 24.3 Å². The van der Waals surface area contributed by atoms with Gasteiger partial charge in [-0.15, -0.1) is 0 Å². The number of benzene rings is 3. The second kappa shape index (κ2) is 18.2. The summed E-state index contributed by atoms with van der Waals surface area (Å²) in [6, 6.07) is 19.3. The van der Waals surface area contributed by atoms with E-state index in [9.17, 15) is 31.5 Å². The number of nitrogens with one attached hydrogen (secondary N) is 1. The Morgan fingerprint density at radius 1 is 0.963 bits per heavy atom. The van der Waals surface area contributed by atoms with Crippen molar-refractivity contribution < 1.29 is 36.3 Å². The third-order valence-corrected chi connectivity index (χ3v) is 13.3. The molecule has 2 aliphatic carbocycles. The Morgan fingerprint density at radius 2 is 1.65 bits per heavy atom. The SMILES string of the molecule is CCN(CC)C(=O)[C@@H]1C=C2c3cccc4[nH]cc(c34)C[C@H]2N(C)C1.COc1cccc(CS(=O)(=O)c2ccccc2)c1C(=O)O.O=[SH](=O)C1CCCCC1. The van der Waals surface area contributed by atoms with Crippen LogP contribution in [-0.4, -0.2) is 93.7 Å². The number of thiol groups is 1. The van der Waals surface area contributed by atoms with Crippen LogP contribution in [0.25, 0.3) is 16.5 Å². The van der Waals surface area contributed by atoms with Gasteiger partial charge in [0.1, 0.15) is 22.0 Å². The molecule has 0 bridgehead atoms. The van der Waals surface area contributed by atoms with Crippen molar-refractivity contribution in [2.75, 3.05) is 33.8 Å². The monoisotopic (exact) mass is 777 g/mol. The molecule has 2 atom stereocenters. The number of aromatic carboxylic acids is 1. The number of sulfone groups is 1. The van der Waals surface area contributed by atoms with E-state index in [0.717, 1.165) is 51.7 Å². The lowest BCUT2D eigenvalue weighted by Gasteiger charge is -2.40.